The van der Waals surface area contributed by atoms with E-state index in [0.717, 1.165) is 11.3 Å². The fraction of sp³-hybridized carbons (Fsp3) is 0.0588. The zero-order valence-electron chi connectivity index (χ0n) is 11.1. The predicted molar refractivity (Wildman–Crippen MR) is 77.7 cm³/mol. The molecule has 0 aliphatic heterocycles. The molecule has 0 fully saturated rings. The summed E-state index contributed by atoms with van der Waals surface area (Å²) in [6.45, 7) is 0. The van der Waals surface area contributed by atoms with E-state index in [4.69, 9.17) is 4.74 Å². The van der Waals surface area contributed by atoms with Crippen LogP contribution in [0.15, 0.2) is 66.9 Å². The summed E-state index contributed by atoms with van der Waals surface area (Å²) in [7, 11) is 1.60. The molecule has 20 heavy (non-hydrogen) atoms. The molecule has 2 nitrogen and oxygen atoms in total. The average molecular weight is 267 g/mol. The highest BCUT2D eigenvalue weighted by Crippen LogP contribution is 2.29. The molecule has 3 rings (SSSR count). The van der Waals surface area contributed by atoms with Crippen molar-refractivity contribution in [2.75, 3.05) is 7.11 Å². The van der Waals surface area contributed by atoms with E-state index in [1.807, 2.05) is 59.2 Å². The van der Waals surface area contributed by atoms with E-state index in [0.29, 0.717) is 11.4 Å². The number of para-hydroxylation sites is 1. The highest BCUT2D eigenvalue weighted by molar-refractivity contribution is 5.65. The summed E-state index contributed by atoms with van der Waals surface area (Å²) in [5.41, 5.74) is 2.25. The molecule has 100 valence electrons. The van der Waals surface area contributed by atoms with Gasteiger partial charge in [-0.25, -0.2) is 4.39 Å². The first kappa shape index (κ1) is 12.5. The molecule has 1 aromatic heterocycles. The highest BCUT2D eigenvalue weighted by atomic mass is 19.1. The van der Waals surface area contributed by atoms with E-state index >= 15 is 0 Å². The van der Waals surface area contributed by atoms with Gasteiger partial charge in [-0.3, -0.25) is 0 Å². The molecule has 0 unspecified atom stereocenters. The van der Waals surface area contributed by atoms with E-state index in [1.165, 1.54) is 6.07 Å². The summed E-state index contributed by atoms with van der Waals surface area (Å²) in [5.74, 6) is 0.463. The van der Waals surface area contributed by atoms with Crippen LogP contribution in [0.3, 0.4) is 0 Å². The maximum Gasteiger partial charge on any atom is 0.149 e. The second-order valence-electron chi connectivity index (χ2n) is 4.45. The topological polar surface area (TPSA) is 14.2 Å². The van der Waals surface area contributed by atoms with Gasteiger partial charge in [0.05, 0.1) is 12.8 Å². The van der Waals surface area contributed by atoms with Crippen LogP contribution in [0.25, 0.3) is 16.9 Å². The molecule has 0 saturated carbocycles. The molecule has 0 N–H and O–H groups in total. The molecular formula is C17H14FNO. The quantitative estimate of drug-likeness (QED) is 0.690. The first-order valence-electron chi connectivity index (χ1n) is 6.36. The SMILES string of the molecule is COc1cccc(-c2c(F)ccn2-c2ccccc2)c1. The molecule has 0 aliphatic rings. The Labute approximate surface area is 117 Å². The van der Waals surface area contributed by atoms with Gasteiger partial charge in [0.2, 0.25) is 0 Å². The molecule has 0 atom stereocenters. The lowest BCUT2D eigenvalue weighted by Gasteiger charge is -2.10. The van der Waals surface area contributed by atoms with Crippen molar-refractivity contribution in [3.8, 4) is 22.7 Å². The lowest BCUT2D eigenvalue weighted by atomic mass is 10.1. The number of hydrogen-bond donors (Lipinski definition) is 0. The van der Waals surface area contributed by atoms with Crippen LogP contribution in [0, 0.1) is 5.82 Å². The summed E-state index contributed by atoms with van der Waals surface area (Å²) in [6.07, 6.45) is 1.74. The number of ether oxygens (including phenoxy) is 1. The van der Waals surface area contributed by atoms with Gasteiger partial charge in [-0.05, 0) is 30.3 Å². The summed E-state index contributed by atoms with van der Waals surface area (Å²) >= 11 is 0. The number of nitrogens with zero attached hydrogens (tertiary/aromatic N) is 1. The van der Waals surface area contributed by atoms with Crippen LogP contribution in [0.4, 0.5) is 4.39 Å². The van der Waals surface area contributed by atoms with E-state index in [1.54, 1.807) is 13.3 Å². The van der Waals surface area contributed by atoms with Crippen molar-refractivity contribution < 1.29 is 9.13 Å². The number of rotatable bonds is 3. The Kier molecular flexibility index (Phi) is 3.25. The molecule has 2 aromatic carbocycles. The van der Waals surface area contributed by atoms with Crippen molar-refractivity contribution in [3.05, 3.63) is 72.7 Å². The molecule has 0 bridgehead atoms. The van der Waals surface area contributed by atoms with Gasteiger partial charge in [-0.15, -0.1) is 0 Å². The van der Waals surface area contributed by atoms with Crippen molar-refractivity contribution >= 4 is 0 Å². The minimum absolute atomic E-state index is 0.248. The number of benzene rings is 2. The Morgan fingerprint density at radius 2 is 1.75 bits per heavy atom. The fourth-order valence-corrected chi connectivity index (χ4v) is 2.26. The van der Waals surface area contributed by atoms with Crippen LogP contribution in [-0.4, -0.2) is 11.7 Å². The first-order chi connectivity index (χ1) is 9.79. The first-order valence-corrected chi connectivity index (χ1v) is 6.36. The Bertz CT molecular complexity index is 719. The third kappa shape index (κ3) is 2.18. The predicted octanol–water partition coefficient (Wildman–Crippen LogP) is 4.29. The van der Waals surface area contributed by atoms with Gasteiger partial charge in [-0.1, -0.05) is 30.3 Å². The molecule has 0 amide bonds. The smallest absolute Gasteiger partial charge is 0.149 e. The lowest BCUT2D eigenvalue weighted by molar-refractivity contribution is 0.415. The van der Waals surface area contributed by atoms with E-state index in [2.05, 4.69) is 0 Å². The molecule has 3 heteroatoms. The summed E-state index contributed by atoms with van der Waals surface area (Å²) in [6, 6.07) is 18.6. The minimum atomic E-state index is -0.248. The van der Waals surface area contributed by atoms with Crippen LogP contribution >= 0.6 is 0 Å². The van der Waals surface area contributed by atoms with Gasteiger partial charge >= 0.3 is 0 Å². The van der Waals surface area contributed by atoms with Crippen LogP contribution in [0.2, 0.25) is 0 Å². The van der Waals surface area contributed by atoms with Crippen molar-refractivity contribution in [1.29, 1.82) is 0 Å². The molecule has 3 aromatic rings. The maximum atomic E-state index is 14.2. The number of halogens is 1. The van der Waals surface area contributed by atoms with Crippen molar-refractivity contribution in [1.82, 2.24) is 4.57 Å². The lowest BCUT2D eigenvalue weighted by Crippen LogP contribution is -1.96. The molecule has 0 saturated heterocycles. The van der Waals surface area contributed by atoms with Crippen molar-refractivity contribution in [2.24, 2.45) is 0 Å². The highest BCUT2D eigenvalue weighted by Gasteiger charge is 2.13. The van der Waals surface area contributed by atoms with Gasteiger partial charge < -0.3 is 9.30 Å². The molecular weight excluding hydrogens is 253 g/mol. The standard InChI is InChI=1S/C17H14FNO/c1-20-15-9-5-6-13(12-15)17-16(18)10-11-19(17)14-7-3-2-4-8-14/h2-12H,1H3. The van der Waals surface area contributed by atoms with E-state index in [9.17, 15) is 4.39 Å². The summed E-state index contributed by atoms with van der Waals surface area (Å²) < 4.78 is 21.2. The Hall–Kier alpha value is -2.55. The average Bonchev–Trinajstić information content (AvgIpc) is 2.90. The molecule has 0 aliphatic carbocycles. The van der Waals surface area contributed by atoms with Gasteiger partial charge in [0.15, 0.2) is 0 Å². The monoisotopic (exact) mass is 267 g/mol. The number of hydrogen-bond acceptors (Lipinski definition) is 1. The zero-order chi connectivity index (χ0) is 13.9. The van der Waals surface area contributed by atoms with Gasteiger partial charge in [-0.2, -0.15) is 0 Å². The Morgan fingerprint density at radius 3 is 2.50 bits per heavy atom. The van der Waals surface area contributed by atoms with Crippen LogP contribution in [0.1, 0.15) is 0 Å². The zero-order valence-corrected chi connectivity index (χ0v) is 11.1. The Morgan fingerprint density at radius 1 is 0.950 bits per heavy atom. The summed E-state index contributed by atoms with van der Waals surface area (Å²) in [4.78, 5) is 0. The van der Waals surface area contributed by atoms with Crippen LogP contribution in [0.5, 0.6) is 5.75 Å². The molecule has 0 radical (unpaired) electrons. The molecule has 0 spiro atoms. The van der Waals surface area contributed by atoms with E-state index < -0.39 is 0 Å². The number of aromatic nitrogens is 1. The fourth-order valence-electron chi connectivity index (χ4n) is 2.26. The normalized spacial score (nSPS) is 10.5. The van der Waals surface area contributed by atoms with Crippen molar-refractivity contribution in [3.63, 3.8) is 0 Å². The van der Waals surface area contributed by atoms with Crippen LogP contribution in [-0.2, 0) is 0 Å². The summed E-state index contributed by atoms with van der Waals surface area (Å²) in [5, 5.41) is 0. The van der Waals surface area contributed by atoms with Gasteiger partial charge in [0.1, 0.15) is 11.6 Å². The second kappa shape index (κ2) is 5.21. The maximum absolute atomic E-state index is 14.2. The van der Waals surface area contributed by atoms with Crippen molar-refractivity contribution in [2.45, 2.75) is 0 Å². The second-order valence-corrected chi connectivity index (χ2v) is 4.45. The largest absolute Gasteiger partial charge is 0.497 e. The van der Waals surface area contributed by atoms with Gasteiger partial charge in [0, 0.05) is 17.4 Å². The van der Waals surface area contributed by atoms with Gasteiger partial charge in [0.25, 0.3) is 0 Å². The Balaban J connectivity index is 2.16. The van der Waals surface area contributed by atoms with E-state index in [-0.39, 0.29) is 5.82 Å². The third-order valence-electron chi connectivity index (χ3n) is 3.21. The molecule has 1 heterocycles. The van der Waals surface area contributed by atoms with Crippen LogP contribution < -0.4 is 4.74 Å². The number of methoxy groups -OCH3 is 1. The third-order valence-corrected chi connectivity index (χ3v) is 3.21. The minimum Gasteiger partial charge on any atom is -0.497 e.